The molecule has 0 radical (unpaired) electrons. The Morgan fingerprint density at radius 3 is 2.81 bits per heavy atom. The molecule has 0 aromatic carbocycles. The fraction of sp³-hybridized carbons (Fsp3) is 0.583. The van der Waals surface area contributed by atoms with Gasteiger partial charge in [0.2, 0.25) is 0 Å². The van der Waals surface area contributed by atoms with Crippen molar-refractivity contribution in [2.24, 2.45) is 0 Å². The molecule has 2 rings (SSSR count). The van der Waals surface area contributed by atoms with Crippen LogP contribution in [0.5, 0.6) is 0 Å². The van der Waals surface area contributed by atoms with E-state index in [9.17, 15) is 18.0 Å². The zero-order valence-electron chi connectivity index (χ0n) is 10.9. The van der Waals surface area contributed by atoms with Crippen molar-refractivity contribution < 1.29 is 23.1 Å². The van der Waals surface area contributed by atoms with Gasteiger partial charge in [0.05, 0.1) is 5.56 Å². The van der Waals surface area contributed by atoms with Gasteiger partial charge in [0, 0.05) is 19.0 Å². The SMILES string of the molecule is O=C(O)CCC1CCCN1c1cc(C(F)(F)F)c(Cl)nn1. The van der Waals surface area contributed by atoms with E-state index in [0.29, 0.717) is 13.0 Å². The summed E-state index contributed by atoms with van der Waals surface area (Å²) in [5.74, 6) is -0.848. The number of carboxylic acid groups (broad SMARTS) is 1. The van der Waals surface area contributed by atoms with Crippen LogP contribution >= 0.6 is 11.6 Å². The third kappa shape index (κ3) is 3.75. The standard InChI is InChI=1S/C12H13ClF3N3O2/c13-11-8(12(14,15)16)6-9(17-18-11)19-5-1-2-7(19)3-4-10(20)21/h6-7H,1-5H2,(H,20,21). The van der Waals surface area contributed by atoms with Gasteiger partial charge in [0.25, 0.3) is 0 Å². The lowest BCUT2D eigenvalue weighted by Gasteiger charge is -2.25. The summed E-state index contributed by atoms with van der Waals surface area (Å²) in [6.45, 7) is 0.526. The fourth-order valence-corrected chi connectivity index (χ4v) is 2.63. The molecule has 1 aliphatic heterocycles. The minimum atomic E-state index is -4.60. The Hall–Kier alpha value is -1.57. The number of carboxylic acids is 1. The Kier molecular flexibility index (Phi) is 4.55. The van der Waals surface area contributed by atoms with E-state index in [-0.39, 0.29) is 18.3 Å². The van der Waals surface area contributed by atoms with Crippen LogP contribution in [0.1, 0.15) is 31.2 Å². The van der Waals surface area contributed by atoms with E-state index in [1.807, 2.05) is 0 Å². The molecule has 0 amide bonds. The normalized spacial score (nSPS) is 19.0. The topological polar surface area (TPSA) is 66.3 Å². The highest BCUT2D eigenvalue weighted by Crippen LogP contribution is 2.36. The largest absolute Gasteiger partial charge is 0.481 e. The van der Waals surface area contributed by atoms with Crippen molar-refractivity contribution in [3.8, 4) is 0 Å². The van der Waals surface area contributed by atoms with Crippen LogP contribution in [0.25, 0.3) is 0 Å². The number of alkyl halides is 3. The number of anilines is 1. The van der Waals surface area contributed by atoms with E-state index in [2.05, 4.69) is 10.2 Å². The number of halogens is 4. The first-order valence-electron chi connectivity index (χ1n) is 6.38. The summed E-state index contributed by atoms with van der Waals surface area (Å²) in [5.41, 5.74) is -1.03. The lowest BCUT2D eigenvalue weighted by molar-refractivity contribution is -0.138. The van der Waals surface area contributed by atoms with Crippen LogP contribution in [0.2, 0.25) is 5.15 Å². The summed E-state index contributed by atoms with van der Waals surface area (Å²) in [4.78, 5) is 12.3. The molecule has 0 aliphatic carbocycles. The summed E-state index contributed by atoms with van der Waals surface area (Å²) in [7, 11) is 0. The van der Waals surface area contributed by atoms with Crippen LogP contribution in [0, 0.1) is 0 Å². The number of hydrogen-bond acceptors (Lipinski definition) is 4. The molecule has 1 N–H and O–H groups in total. The molecule has 1 fully saturated rings. The van der Waals surface area contributed by atoms with Crippen molar-refractivity contribution in [1.82, 2.24) is 10.2 Å². The first-order chi connectivity index (χ1) is 9.79. The van der Waals surface area contributed by atoms with Crippen molar-refractivity contribution in [3.05, 3.63) is 16.8 Å². The van der Waals surface area contributed by atoms with E-state index in [0.717, 1.165) is 18.9 Å². The Morgan fingerprint density at radius 2 is 2.19 bits per heavy atom. The van der Waals surface area contributed by atoms with Crippen LogP contribution < -0.4 is 4.90 Å². The number of nitrogens with zero attached hydrogens (tertiary/aromatic N) is 3. The van der Waals surface area contributed by atoms with Gasteiger partial charge in [0.1, 0.15) is 0 Å². The van der Waals surface area contributed by atoms with E-state index < -0.39 is 22.9 Å². The third-order valence-corrected chi connectivity index (χ3v) is 3.68. The molecule has 21 heavy (non-hydrogen) atoms. The predicted octanol–water partition coefficient (Wildman–Crippen LogP) is 2.98. The van der Waals surface area contributed by atoms with Crippen molar-refractivity contribution in [3.63, 3.8) is 0 Å². The van der Waals surface area contributed by atoms with Gasteiger partial charge >= 0.3 is 12.1 Å². The highest BCUT2D eigenvalue weighted by Gasteiger charge is 2.36. The third-order valence-electron chi connectivity index (χ3n) is 3.40. The van der Waals surface area contributed by atoms with Crippen LogP contribution in [0.3, 0.4) is 0 Å². The predicted molar refractivity (Wildman–Crippen MR) is 69.3 cm³/mol. The van der Waals surface area contributed by atoms with E-state index in [1.165, 1.54) is 0 Å². The van der Waals surface area contributed by atoms with Crippen LogP contribution in [0.15, 0.2) is 6.07 Å². The highest BCUT2D eigenvalue weighted by molar-refractivity contribution is 6.30. The van der Waals surface area contributed by atoms with Crippen LogP contribution in [-0.2, 0) is 11.0 Å². The molecule has 0 saturated carbocycles. The van der Waals surface area contributed by atoms with E-state index in [4.69, 9.17) is 16.7 Å². The minimum Gasteiger partial charge on any atom is -0.481 e. The number of hydrogen-bond donors (Lipinski definition) is 1. The van der Waals surface area contributed by atoms with Gasteiger partial charge < -0.3 is 10.0 Å². The number of carbonyl (C=O) groups is 1. The van der Waals surface area contributed by atoms with Gasteiger partial charge in [-0.25, -0.2) is 0 Å². The Bertz CT molecular complexity index is 539. The second-order valence-corrected chi connectivity index (χ2v) is 5.18. The zero-order chi connectivity index (χ0) is 15.6. The lowest BCUT2D eigenvalue weighted by Crippen LogP contribution is -2.31. The molecule has 1 unspecified atom stereocenters. The molecule has 1 saturated heterocycles. The fourth-order valence-electron chi connectivity index (χ4n) is 2.43. The van der Waals surface area contributed by atoms with Gasteiger partial charge in [-0.3, -0.25) is 4.79 Å². The van der Waals surface area contributed by atoms with E-state index in [1.54, 1.807) is 4.90 Å². The number of aliphatic carboxylic acids is 1. The highest BCUT2D eigenvalue weighted by atomic mass is 35.5. The molecule has 0 bridgehead atoms. The first-order valence-corrected chi connectivity index (χ1v) is 6.75. The maximum Gasteiger partial charge on any atom is 0.419 e. The molecule has 1 aliphatic rings. The monoisotopic (exact) mass is 323 g/mol. The quantitative estimate of drug-likeness (QED) is 0.922. The van der Waals surface area contributed by atoms with Crippen molar-refractivity contribution in [1.29, 1.82) is 0 Å². The maximum atomic E-state index is 12.8. The molecule has 9 heteroatoms. The second kappa shape index (κ2) is 6.05. The average Bonchev–Trinajstić information content (AvgIpc) is 2.84. The summed E-state index contributed by atoms with van der Waals surface area (Å²) in [5, 5.41) is 15.1. The molecule has 5 nitrogen and oxygen atoms in total. The smallest absolute Gasteiger partial charge is 0.419 e. The zero-order valence-corrected chi connectivity index (χ0v) is 11.7. The minimum absolute atomic E-state index is 0.0334. The average molecular weight is 324 g/mol. The second-order valence-electron chi connectivity index (χ2n) is 4.83. The molecule has 1 aromatic heterocycles. The summed E-state index contributed by atoms with van der Waals surface area (Å²) in [6, 6.07) is 0.728. The van der Waals surface area contributed by atoms with Gasteiger partial charge in [0.15, 0.2) is 11.0 Å². The van der Waals surface area contributed by atoms with Gasteiger partial charge in [-0.1, -0.05) is 11.6 Å². The van der Waals surface area contributed by atoms with Gasteiger partial charge in [-0.05, 0) is 25.3 Å². The number of aromatic nitrogens is 2. The van der Waals surface area contributed by atoms with E-state index >= 15 is 0 Å². The number of rotatable bonds is 4. The molecular weight excluding hydrogens is 311 g/mol. The summed E-state index contributed by atoms with van der Waals surface area (Å²) in [6.07, 6.45) is -2.78. The van der Waals surface area contributed by atoms with Crippen molar-refractivity contribution in [2.45, 2.75) is 37.9 Å². The Balaban J connectivity index is 2.22. The lowest BCUT2D eigenvalue weighted by atomic mass is 10.1. The first kappa shape index (κ1) is 15.8. The van der Waals surface area contributed by atoms with Crippen molar-refractivity contribution >= 4 is 23.4 Å². The van der Waals surface area contributed by atoms with Crippen molar-refractivity contribution in [2.75, 3.05) is 11.4 Å². The Morgan fingerprint density at radius 1 is 1.48 bits per heavy atom. The summed E-state index contributed by atoms with van der Waals surface area (Å²) < 4.78 is 38.5. The van der Waals surface area contributed by atoms with Gasteiger partial charge in [-0.2, -0.15) is 13.2 Å². The molecule has 116 valence electrons. The van der Waals surface area contributed by atoms with Crippen LogP contribution in [0.4, 0.5) is 19.0 Å². The Labute approximate surface area is 123 Å². The molecular formula is C12H13ClF3N3O2. The van der Waals surface area contributed by atoms with Gasteiger partial charge in [-0.15, -0.1) is 10.2 Å². The molecule has 0 spiro atoms. The molecule has 2 heterocycles. The summed E-state index contributed by atoms with van der Waals surface area (Å²) >= 11 is 5.44. The maximum absolute atomic E-state index is 12.8. The molecule has 1 aromatic rings. The molecule has 1 atom stereocenters. The van der Waals surface area contributed by atoms with Crippen LogP contribution in [-0.4, -0.2) is 33.9 Å².